The van der Waals surface area contributed by atoms with Gasteiger partial charge < -0.3 is 10.4 Å². The quantitative estimate of drug-likeness (QED) is 0.716. The first kappa shape index (κ1) is 15.4. The van der Waals surface area contributed by atoms with Crippen molar-refractivity contribution in [2.24, 2.45) is 0 Å². The van der Waals surface area contributed by atoms with Gasteiger partial charge in [-0.1, -0.05) is 6.07 Å². The molecule has 18 heavy (non-hydrogen) atoms. The van der Waals surface area contributed by atoms with E-state index in [4.69, 9.17) is 5.11 Å². The van der Waals surface area contributed by atoms with E-state index in [0.717, 1.165) is 17.9 Å². The van der Waals surface area contributed by atoms with Gasteiger partial charge in [-0.05, 0) is 31.2 Å². The zero-order valence-corrected chi connectivity index (χ0v) is 11.3. The Morgan fingerprint density at radius 2 is 1.94 bits per heavy atom. The predicted molar refractivity (Wildman–Crippen MR) is 71.8 cm³/mol. The Kier molecular flexibility index (Phi) is 7.23. The maximum Gasteiger partial charge on any atom is 0.130 e. The minimum atomic E-state index is -0.511. The fraction of sp³-hybridized carbons (Fsp3) is 0.538. The van der Waals surface area contributed by atoms with Gasteiger partial charge in [0.2, 0.25) is 0 Å². The minimum Gasteiger partial charge on any atom is -0.396 e. The molecule has 1 atom stereocenters. The molecule has 0 fully saturated rings. The molecule has 0 spiro atoms. The predicted octanol–water partition coefficient (Wildman–Crippen LogP) is 2.73. The molecule has 1 rings (SSSR count). The summed E-state index contributed by atoms with van der Waals surface area (Å²) in [5.41, 5.74) is 0.0952. The lowest BCUT2D eigenvalue weighted by molar-refractivity contribution is 0.296. The van der Waals surface area contributed by atoms with Crippen molar-refractivity contribution >= 4 is 11.8 Å². The van der Waals surface area contributed by atoms with Crippen molar-refractivity contribution in [1.82, 2.24) is 5.32 Å². The van der Waals surface area contributed by atoms with Gasteiger partial charge in [0.05, 0.1) is 0 Å². The maximum atomic E-state index is 13.5. The van der Waals surface area contributed by atoms with Gasteiger partial charge in [-0.2, -0.15) is 11.8 Å². The summed E-state index contributed by atoms with van der Waals surface area (Å²) in [4.78, 5) is 0. The second-order valence-corrected chi connectivity index (χ2v) is 5.23. The third kappa shape index (κ3) is 4.92. The summed E-state index contributed by atoms with van der Waals surface area (Å²) in [5.74, 6) is 0.743. The van der Waals surface area contributed by atoms with Gasteiger partial charge in [0.1, 0.15) is 11.6 Å². The Labute approximate surface area is 111 Å². The molecule has 2 N–H and O–H groups in total. The van der Waals surface area contributed by atoms with Crippen LogP contribution in [-0.2, 0) is 0 Å². The van der Waals surface area contributed by atoms with E-state index >= 15 is 0 Å². The average Bonchev–Trinajstić information content (AvgIpc) is 2.33. The first-order valence-corrected chi connectivity index (χ1v) is 7.18. The highest BCUT2D eigenvalue weighted by Gasteiger charge is 2.14. The minimum absolute atomic E-state index is 0.0952. The summed E-state index contributed by atoms with van der Waals surface area (Å²) in [6.07, 6.45) is 0.780. The lowest BCUT2D eigenvalue weighted by Gasteiger charge is -2.15. The fourth-order valence-corrected chi connectivity index (χ4v) is 2.44. The summed E-state index contributed by atoms with van der Waals surface area (Å²) in [5, 5.41) is 11.7. The molecule has 0 bridgehead atoms. The van der Waals surface area contributed by atoms with Crippen molar-refractivity contribution < 1.29 is 13.9 Å². The van der Waals surface area contributed by atoms with Crippen molar-refractivity contribution in [3.05, 3.63) is 35.4 Å². The number of aliphatic hydroxyl groups is 1. The van der Waals surface area contributed by atoms with E-state index in [-0.39, 0.29) is 18.2 Å². The molecule has 0 aliphatic rings. The largest absolute Gasteiger partial charge is 0.396 e. The fourth-order valence-electron chi connectivity index (χ4n) is 1.64. The standard InChI is InChI=1S/C13H19F2NOS/c1-10(16-6-9-18-8-3-7-17)13-11(14)4-2-5-12(13)15/h2,4-5,10,16-17H,3,6-9H2,1H3. The molecular formula is C13H19F2NOS. The number of halogens is 2. The Balaban J connectivity index is 2.34. The lowest BCUT2D eigenvalue weighted by Crippen LogP contribution is -2.23. The van der Waals surface area contributed by atoms with Gasteiger partial charge in [0.15, 0.2) is 0 Å². The highest BCUT2D eigenvalue weighted by atomic mass is 32.2. The first-order chi connectivity index (χ1) is 8.66. The van der Waals surface area contributed by atoms with Gasteiger partial charge in [-0.15, -0.1) is 0 Å². The number of aliphatic hydroxyl groups excluding tert-OH is 1. The summed E-state index contributed by atoms with van der Waals surface area (Å²) < 4.78 is 26.9. The molecule has 0 saturated carbocycles. The molecule has 0 amide bonds. The maximum absolute atomic E-state index is 13.5. The van der Waals surface area contributed by atoms with Gasteiger partial charge in [-0.25, -0.2) is 8.78 Å². The second-order valence-electron chi connectivity index (χ2n) is 4.00. The number of hydrogen-bond acceptors (Lipinski definition) is 3. The SMILES string of the molecule is CC(NCCSCCCO)c1c(F)cccc1F. The molecule has 0 aromatic heterocycles. The first-order valence-electron chi connectivity index (χ1n) is 6.02. The number of rotatable bonds is 8. The van der Waals surface area contributed by atoms with Crippen LogP contribution in [0.3, 0.4) is 0 Å². The normalized spacial score (nSPS) is 12.7. The second kappa shape index (κ2) is 8.45. The summed E-state index contributed by atoms with van der Waals surface area (Å²) in [6.45, 7) is 2.64. The number of benzene rings is 1. The van der Waals surface area contributed by atoms with Crippen LogP contribution < -0.4 is 5.32 Å². The number of thioether (sulfide) groups is 1. The molecule has 0 aliphatic heterocycles. The zero-order chi connectivity index (χ0) is 13.4. The summed E-state index contributed by atoms with van der Waals surface area (Å²) in [7, 11) is 0. The lowest BCUT2D eigenvalue weighted by atomic mass is 10.1. The molecule has 1 aromatic rings. The molecule has 0 heterocycles. The zero-order valence-electron chi connectivity index (χ0n) is 10.5. The highest BCUT2D eigenvalue weighted by Crippen LogP contribution is 2.20. The van der Waals surface area contributed by atoms with Crippen LogP contribution in [0.15, 0.2) is 18.2 Å². The van der Waals surface area contributed by atoms with E-state index in [9.17, 15) is 8.78 Å². The van der Waals surface area contributed by atoms with Crippen LogP contribution in [0.1, 0.15) is 24.9 Å². The van der Waals surface area contributed by atoms with E-state index in [0.29, 0.717) is 6.54 Å². The summed E-state index contributed by atoms with van der Waals surface area (Å²) in [6, 6.07) is 3.56. The van der Waals surface area contributed by atoms with Crippen LogP contribution >= 0.6 is 11.8 Å². The monoisotopic (exact) mass is 275 g/mol. The summed E-state index contributed by atoms with van der Waals surface area (Å²) >= 11 is 1.71. The number of nitrogens with one attached hydrogen (secondary N) is 1. The van der Waals surface area contributed by atoms with Gasteiger partial charge >= 0.3 is 0 Å². The van der Waals surface area contributed by atoms with E-state index in [1.807, 2.05) is 0 Å². The van der Waals surface area contributed by atoms with Crippen LogP contribution in [0.4, 0.5) is 8.78 Å². The van der Waals surface area contributed by atoms with Crippen LogP contribution in [0, 0.1) is 11.6 Å². The molecule has 0 radical (unpaired) electrons. The molecule has 1 aromatic carbocycles. The topological polar surface area (TPSA) is 32.3 Å². The third-order valence-electron chi connectivity index (χ3n) is 2.58. The third-order valence-corrected chi connectivity index (χ3v) is 3.65. The molecule has 0 saturated heterocycles. The van der Waals surface area contributed by atoms with Crippen LogP contribution in [0.25, 0.3) is 0 Å². The van der Waals surface area contributed by atoms with Crippen molar-refractivity contribution in [2.75, 3.05) is 24.7 Å². The smallest absolute Gasteiger partial charge is 0.130 e. The Morgan fingerprint density at radius 1 is 1.28 bits per heavy atom. The van der Waals surface area contributed by atoms with Gasteiger partial charge in [0.25, 0.3) is 0 Å². The van der Waals surface area contributed by atoms with Crippen LogP contribution in [-0.4, -0.2) is 29.8 Å². The van der Waals surface area contributed by atoms with Crippen molar-refractivity contribution in [3.8, 4) is 0 Å². The molecular weight excluding hydrogens is 256 g/mol. The average molecular weight is 275 g/mol. The molecule has 1 unspecified atom stereocenters. The Morgan fingerprint density at radius 3 is 2.56 bits per heavy atom. The van der Waals surface area contributed by atoms with Crippen molar-refractivity contribution in [1.29, 1.82) is 0 Å². The molecule has 2 nitrogen and oxygen atoms in total. The molecule has 5 heteroatoms. The molecule has 0 aliphatic carbocycles. The van der Waals surface area contributed by atoms with Crippen molar-refractivity contribution in [3.63, 3.8) is 0 Å². The molecule has 102 valence electrons. The number of hydrogen-bond donors (Lipinski definition) is 2. The van der Waals surface area contributed by atoms with Gasteiger partial charge in [0, 0.05) is 30.5 Å². The van der Waals surface area contributed by atoms with E-state index in [2.05, 4.69) is 5.32 Å². The van der Waals surface area contributed by atoms with Crippen molar-refractivity contribution in [2.45, 2.75) is 19.4 Å². The Hall–Kier alpha value is -0.650. The van der Waals surface area contributed by atoms with E-state index in [1.54, 1.807) is 18.7 Å². The van der Waals surface area contributed by atoms with E-state index < -0.39 is 11.6 Å². The van der Waals surface area contributed by atoms with Crippen LogP contribution in [0.2, 0.25) is 0 Å². The Bertz CT molecular complexity index is 343. The van der Waals surface area contributed by atoms with Gasteiger partial charge in [-0.3, -0.25) is 0 Å². The highest BCUT2D eigenvalue weighted by molar-refractivity contribution is 7.99. The van der Waals surface area contributed by atoms with Crippen LogP contribution in [0.5, 0.6) is 0 Å². The van der Waals surface area contributed by atoms with E-state index in [1.165, 1.54) is 18.2 Å².